The second kappa shape index (κ2) is 6.50. The van der Waals surface area contributed by atoms with Crippen molar-refractivity contribution in [2.45, 2.75) is 45.8 Å². The van der Waals surface area contributed by atoms with E-state index in [1.165, 1.54) is 12.1 Å². The van der Waals surface area contributed by atoms with Gasteiger partial charge in [0.25, 0.3) is 0 Å². The zero-order chi connectivity index (χ0) is 15.6. The third-order valence-electron chi connectivity index (χ3n) is 3.20. The van der Waals surface area contributed by atoms with Gasteiger partial charge < -0.3 is 9.64 Å². The van der Waals surface area contributed by atoms with Gasteiger partial charge in [-0.25, -0.2) is 9.18 Å². The van der Waals surface area contributed by atoms with Crippen molar-refractivity contribution in [1.29, 1.82) is 0 Å². The molecule has 5 heteroatoms. The van der Waals surface area contributed by atoms with Crippen molar-refractivity contribution >= 4 is 28.7 Å². The van der Waals surface area contributed by atoms with E-state index in [2.05, 4.69) is 22.6 Å². The van der Waals surface area contributed by atoms with Crippen molar-refractivity contribution in [1.82, 2.24) is 4.90 Å². The van der Waals surface area contributed by atoms with Gasteiger partial charge in [0.05, 0.1) is 6.54 Å². The Bertz CT molecular complexity index is 523. The predicted octanol–water partition coefficient (Wildman–Crippen LogP) is 4.58. The highest BCUT2D eigenvalue weighted by Crippen LogP contribution is 2.31. The third-order valence-corrected chi connectivity index (χ3v) is 4.25. The minimum Gasteiger partial charge on any atom is -0.444 e. The molecule has 116 valence electrons. The number of carbonyl (C=O) groups excluding carboxylic acids is 1. The lowest BCUT2D eigenvalue weighted by molar-refractivity contribution is 0.0223. The number of benzene rings is 1. The number of ether oxygens (including phenoxy) is 1. The van der Waals surface area contributed by atoms with Crippen molar-refractivity contribution < 1.29 is 13.9 Å². The molecular weight excluding hydrogens is 384 g/mol. The summed E-state index contributed by atoms with van der Waals surface area (Å²) in [5.41, 5.74) is 0.302. The first-order chi connectivity index (χ1) is 9.74. The molecule has 1 amide bonds. The van der Waals surface area contributed by atoms with Crippen molar-refractivity contribution in [2.75, 3.05) is 6.54 Å². The number of rotatable bonds is 4. The Morgan fingerprint density at radius 3 is 2.67 bits per heavy atom. The summed E-state index contributed by atoms with van der Waals surface area (Å²) >= 11 is 2.17. The molecule has 3 nitrogen and oxygen atoms in total. The van der Waals surface area contributed by atoms with E-state index in [1.807, 2.05) is 20.8 Å². The van der Waals surface area contributed by atoms with Crippen molar-refractivity contribution in [3.63, 3.8) is 0 Å². The van der Waals surface area contributed by atoms with Gasteiger partial charge in [-0.2, -0.15) is 0 Å². The number of nitrogens with zero attached hydrogens (tertiary/aromatic N) is 1. The first-order valence-electron chi connectivity index (χ1n) is 7.16. The second-order valence-electron chi connectivity index (χ2n) is 6.54. The minimum atomic E-state index is -0.520. The molecule has 21 heavy (non-hydrogen) atoms. The van der Waals surface area contributed by atoms with E-state index >= 15 is 0 Å². The highest BCUT2D eigenvalue weighted by Gasteiger charge is 2.29. The molecule has 0 atom stereocenters. The lowest BCUT2D eigenvalue weighted by Crippen LogP contribution is -2.37. The summed E-state index contributed by atoms with van der Waals surface area (Å²) in [6.45, 7) is 6.63. The standard InChI is InChI=1S/C16H21FINO2/c1-16(2,3)21-15(20)19(9-11-4-5-11)10-12-8-13(17)6-7-14(12)18/h6-8,11H,4-5,9-10H2,1-3H3. The molecule has 0 unspecified atom stereocenters. The molecule has 0 saturated heterocycles. The van der Waals surface area contributed by atoms with Crippen molar-refractivity contribution in [3.8, 4) is 0 Å². The molecule has 0 N–H and O–H groups in total. The van der Waals surface area contributed by atoms with E-state index in [0.29, 0.717) is 19.0 Å². The number of amides is 1. The second-order valence-corrected chi connectivity index (χ2v) is 7.70. The molecule has 2 rings (SSSR count). The zero-order valence-electron chi connectivity index (χ0n) is 12.7. The van der Waals surface area contributed by atoms with Crippen LogP contribution < -0.4 is 0 Å². The van der Waals surface area contributed by atoms with E-state index in [4.69, 9.17) is 4.74 Å². The van der Waals surface area contributed by atoms with Gasteiger partial charge in [-0.05, 0) is 85.9 Å². The van der Waals surface area contributed by atoms with Gasteiger partial charge in [-0.3, -0.25) is 0 Å². The Kier molecular flexibility index (Phi) is 5.11. The number of halogens is 2. The lowest BCUT2D eigenvalue weighted by Gasteiger charge is -2.28. The Balaban J connectivity index is 2.11. The summed E-state index contributed by atoms with van der Waals surface area (Å²) in [5, 5.41) is 0. The third kappa shape index (κ3) is 5.45. The Morgan fingerprint density at radius 2 is 2.10 bits per heavy atom. The quantitative estimate of drug-likeness (QED) is 0.687. The first-order valence-corrected chi connectivity index (χ1v) is 8.24. The van der Waals surface area contributed by atoms with Crippen LogP contribution in [-0.2, 0) is 11.3 Å². The van der Waals surface area contributed by atoms with Crippen LogP contribution in [0, 0.1) is 15.3 Å². The summed E-state index contributed by atoms with van der Waals surface area (Å²) in [4.78, 5) is 14.0. The Labute approximate surface area is 139 Å². The summed E-state index contributed by atoms with van der Waals surface area (Å²) in [7, 11) is 0. The van der Waals surface area contributed by atoms with Gasteiger partial charge >= 0.3 is 6.09 Å². The van der Waals surface area contributed by atoms with Crippen LogP contribution in [0.1, 0.15) is 39.2 Å². The van der Waals surface area contributed by atoms with Crippen LogP contribution in [0.2, 0.25) is 0 Å². The molecule has 1 fully saturated rings. The molecule has 1 aromatic carbocycles. The fraction of sp³-hybridized carbons (Fsp3) is 0.562. The average Bonchev–Trinajstić information content (AvgIpc) is 3.14. The molecule has 0 spiro atoms. The van der Waals surface area contributed by atoms with Crippen LogP contribution in [0.5, 0.6) is 0 Å². The summed E-state index contributed by atoms with van der Waals surface area (Å²) in [6.07, 6.45) is 1.98. The minimum absolute atomic E-state index is 0.277. The summed E-state index contributed by atoms with van der Waals surface area (Å²) in [6, 6.07) is 4.66. The van der Waals surface area contributed by atoms with Gasteiger partial charge in [-0.15, -0.1) is 0 Å². The molecule has 1 aliphatic carbocycles. The molecular formula is C16H21FINO2. The average molecular weight is 405 g/mol. The maximum absolute atomic E-state index is 13.4. The monoisotopic (exact) mass is 405 g/mol. The largest absolute Gasteiger partial charge is 0.444 e. The van der Waals surface area contributed by atoms with E-state index < -0.39 is 5.60 Å². The fourth-order valence-corrected chi connectivity index (χ4v) is 2.52. The highest BCUT2D eigenvalue weighted by atomic mass is 127. The fourth-order valence-electron chi connectivity index (χ4n) is 2.01. The lowest BCUT2D eigenvalue weighted by atomic mass is 10.2. The SMILES string of the molecule is CC(C)(C)OC(=O)N(Cc1cc(F)ccc1I)CC1CC1. The Hall–Kier alpha value is -0.850. The van der Waals surface area contributed by atoms with Crippen LogP contribution in [0.3, 0.4) is 0 Å². The van der Waals surface area contributed by atoms with Crippen LogP contribution >= 0.6 is 22.6 Å². The van der Waals surface area contributed by atoms with Crippen LogP contribution in [0.25, 0.3) is 0 Å². The molecule has 1 saturated carbocycles. The number of hydrogen-bond donors (Lipinski definition) is 0. The molecule has 0 heterocycles. The van der Waals surface area contributed by atoms with Crippen LogP contribution in [0.15, 0.2) is 18.2 Å². The van der Waals surface area contributed by atoms with Gasteiger partial charge in [0, 0.05) is 10.1 Å². The maximum Gasteiger partial charge on any atom is 0.410 e. The molecule has 0 aromatic heterocycles. The van der Waals surface area contributed by atoms with E-state index in [0.717, 1.165) is 22.0 Å². The molecule has 1 aromatic rings. The summed E-state index contributed by atoms with van der Waals surface area (Å²) < 4.78 is 19.8. The predicted molar refractivity (Wildman–Crippen MR) is 88.5 cm³/mol. The first kappa shape index (κ1) is 16.5. The van der Waals surface area contributed by atoms with Crippen LogP contribution in [0.4, 0.5) is 9.18 Å². The van der Waals surface area contributed by atoms with Gasteiger partial charge in [0.1, 0.15) is 11.4 Å². The molecule has 1 aliphatic rings. The zero-order valence-corrected chi connectivity index (χ0v) is 14.8. The Morgan fingerprint density at radius 1 is 1.43 bits per heavy atom. The number of hydrogen-bond acceptors (Lipinski definition) is 2. The maximum atomic E-state index is 13.4. The van der Waals surface area contributed by atoms with Gasteiger partial charge in [-0.1, -0.05) is 0 Å². The van der Waals surface area contributed by atoms with Crippen molar-refractivity contribution in [2.24, 2.45) is 5.92 Å². The smallest absolute Gasteiger partial charge is 0.410 e. The van der Waals surface area contributed by atoms with Gasteiger partial charge in [0.2, 0.25) is 0 Å². The number of carbonyl (C=O) groups is 1. The van der Waals surface area contributed by atoms with Crippen LogP contribution in [-0.4, -0.2) is 23.1 Å². The topological polar surface area (TPSA) is 29.5 Å². The summed E-state index contributed by atoms with van der Waals surface area (Å²) in [5.74, 6) is 0.282. The van der Waals surface area contributed by atoms with E-state index in [-0.39, 0.29) is 11.9 Å². The molecule has 0 bridgehead atoms. The van der Waals surface area contributed by atoms with Gasteiger partial charge in [0.15, 0.2) is 0 Å². The highest BCUT2D eigenvalue weighted by molar-refractivity contribution is 14.1. The normalized spacial score (nSPS) is 14.9. The molecule has 0 radical (unpaired) electrons. The van der Waals surface area contributed by atoms with Crippen molar-refractivity contribution in [3.05, 3.63) is 33.1 Å². The molecule has 0 aliphatic heterocycles. The van der Waals surface area contributed by atoms with E-state index in [9.17, 15) is 9.18 Å². The van der Waals surface area contributed by atoms with E-state index in [1.54, 1.807) is 11.0 Å².